The number of benzene rings is 1. The molecule has 5 heteroatoms. The molecule has 4 nitrogen and oxygen atoms in total. The summed E-state index contributed by atoms with van der Waals surface area (Å²) in [6, 6.07) is 10.0. The maximum Gasteiger partial charge on any atom is 0.266 e. The van der Waals surface area contributed by atoms with Crippen LogP contribution in [0.25, 0.3) is 0 Å². The van der Waals surface area contributed by atoms with Gasteiger partial charge < -0.3 is 15.5 Å². The molecule has 0 spiro atoms. The van der Waals surface area contributed by atoms with Crippen LogP contribution >= 0.6 is 11.3 Å². The Hall–Kier alpha value is -2.01. The third kappa shape index (κ3) is 3.55. The van der Waals surface area contributed by atoms with Crippen LogP contribution in [0.5, 0.6) is 0 Å². The minimum absolute atomic E-state index is 0.00156. The number of nitrogens with zero attached hydrogens (tertiary/aromatic N) is 2. The predicted octanol–water partition coefficient (Wildman–Crippen LogP) is 3.06. The van der Waals surface area contributed by atoms with E-state index >= 15 is 0 Å². The molecule has 0 aliphatic heterocycles. The molecular weight excluding hydrogens is 282 g/mol. The molecular formula is C16H21N3OS. The highest BCUT2D eigenvalue weighted by atomic mass is 32.1. The van der Waals surface area contributed by atoms with Crippen molar-refractivity contribution in [2.45, 2.75) is 13.5 Å². The molecule has 1 aromatic carbocycles. The Kier molecular flexibility index (Phi) is 4.85. The molecule has 2 aromatic rings. The topological polar surface area (TPSA) is 49.6 Å². The van der Waals surface area contributed by atoms with Gasteiger partial charge in [0, 0.05) is 32.9 Å². The molecule has 0 unspecified atom stereocenters. The third-order valence-corrected chi connectivity index (χ3v) is 4.30. The van der Waals surface area contributed by atoms with Crippen molar-refractivity contribution in [3.05, 3.63) is 46.2 Å². The molecule has 1 heterocycles. The zero-order valence-corrected chi connectivity index (χ0v) is 13.5. The number of hydrogen-bond donors (Lipinski definition) is 1. The summed E-state index contributed by atoms with van der Waals surface area (Å²) in [5, 5.41) is 1.85. The molecule has 0 fully saturated rings. The first-order valence-corrected chi connectivity index (χ1v) is 7.79. The molecule has 0 aliphatic rings. The van der Waals surface area contributed by atoms with E-state index in [1.807, 2.05) is 31.3 Å². The van der Waals surface area contributed by atoms with E-state index in [-0.39, 0.29) is 5.91 Å². The summed E-state index contributed by atoms with van der Waals surface area (Å²) in [6.07, 6.45) is 0. The monoisotopic (exact) mass is 303 g/mol. The van der Waals surface area contributed by atoms with E-state index in [2.05, 4.69) is 29.2 Å². The molecule has 112 valence electrons. The molecule has 21 heavy (non-hydrogen) atoms. The lowest BCUT2D eigenvalue weighted by molar-refractivity contribution is 0.0758. The van der Waals surface area contributed by atoms with Crippen LogP contribution in [0.4, 0.5) is 11.4 Å². The summed E-state index contributed by atoms with van der Waals surface area (Å²) in [4.78, 5) is 17.0. The first kappa shape index (κ1) is 15.4. The number of carbonyl (C=O) groups is 1. The Bertz CT molecular complexity index is 604. The zero-order chi connectivity index (χ0) is 15.4. The Balaban J connectivity index is 2.12. The molecule has 0 saturated carbocycles. The summed E-state index contributed by atoms with van der Waals surface area (Å²) in [5.74, 6) is 0.00156. The molecule has 0 saturated heterocycles. The second-order valence-electron chi connectivity index (χ2n) is 5.09. The van der Waals surface area contributed by atoms with E-state index < -0.39 is 0 Å². The first-order chi connectivity index (χ1) is 10.0. The van der Waals surface area contributed by atoms with Crippen LogP contribution < -0.4 is 10.6 Å². The van der Waals surface area contributed by atoms with Gasteiger partial charge in [-0.05, 0) is 36.1 Å². The van der Waals surface area contributed by atoms with Gasteiger partial charge in [-0.3, -0.25) is 4.79 Å². The van der Waals surface area contributed by atoms with E-state index in [0.717, 1.165) is 11.3 Å². The number of rotatable bonds is 5. The van der Waals surface area contributed by atoms with Crippen molar-refractivity contribution in [2.75, 3.05) is 31.3 Å². The van der Waals surface area contributed by atoms with E-state index in [9.17, 15) is 4.79 Å². The Labute approximate surface area is 129 Å². The normalized spacial score (nSPS) is 10.4. The fourth-order valence-electron chi connectivity index (χ4n) is 2.08. The molecule has 0 atom stereocenters. The van der Waals surface area contributed by atoms with Crippen molar-refractivity contribution in [2.24, 2.45) is 0 Å². The van der Waals surface area contributed by atoms with Crippen molar-refractivity contribution in [3.63, 3.8) is 0 Å². The van der Waals surface area contributed by atoms with E-state index in [4.69, 9.17) is 5.73 Å². The molecule has 0 bridgehead atoms. The number of amides is 1. The van der Waals surface area contributed by atoms with Crippen molar-refractivity contribution >= 4 is 28.6 Å². The van der Waals surface area contributed by atoms with Crippen molar-refractivity contribution in [1.82, 2.24) is 4.90 Å². The fourth-order valence-corrected chi connectivity index (χ4v) is 2.87. The summed E-state index contributed by atoms with van der Waals surface area (Å²) in [7, 11) is 4.02. The van der Waals surface area contributed by atoms with Gasteiger partial charge in [0.1, 0.15) is 4.88 Å². The lowest BCUT2D eigenvalue weighted by Gasteiger charge is -2.21. The molecule has 0 radical (unpaired) electrons. The first-order valence-electron chi connectivity index (χ1n) is 6.91. The Morgan fingerprint density at radius 3 is 2.33 bits per heavy atom. The van der Waals surface area contributed by atoms with Crippen LogP contribution in [-0.2, 0) is 6.54 Å². The second-order valence-corrected chi connectivity index (χ2v) is 6.00. The maximum absolute atomic E-state index is 12.5. The highest BCUT2D eigenvalue weighted by Gasteiger charge is 2.18. The van der Waals surface area contributed by atoms with Crippen LogP contribution in [-0.4, -0.2) is 31.4 Å². The SMILES string of the molecule is CCN(Cc1ccc(N(C)C)cc1)C(=O)c1sccc1N. The minimum Gasteiger partial charge on any atom is -0.397 e. The second kappa shape index (κ2) is 6.63. The minimum atomic E-state index is 0.00156. The number of hydrogen-bond acceptors (Lipinski definition) is 4. The smallest absolute Gasteiger partial charge is 0.266 e. The van der Waals surface area contributed by atoms with Gasteiger partial charge in [0.2, 0.25) is 0 Å². The number of thiophene rings is 1. The van der Waals surface area contributed by atoms with E-state index in [1.54, 1.807) is 6.07 Å². The van der Waals surface area contributed by atoms with Gasteiger partial charge in [0.25, 0.3) is 5.91 Å². The number of carbonyl (C=O) groups excluding carboxylic acids is 1. The molecule has 0 aliphatic carbocycles. The lowest BCUT2D eigenvalue weighted by Crippen LogP contribution is -2.30. The largest absolute Gasteiger partial charge is 0.397 e. The van der Waals surface area contributed by atoms with Crippen LogP contribution in [0, 0.1) is 0 Å². The van der Waals surface area contributed by atoms with Crippen LogP contribution in [0.15, 0.2) is 35.7 Å². The Morgan fingerprint density at radius 2 is 1.86 bits per heavy atom. The van der Waals surface area contributed by atoms with Crippen molar-refractivity contribution in [3.8, 4) is 0 Å². The number of nitrogen functional groups attached to an aromatic ring is 1. The van der Waals surface area contributed by atoms with Crippen molar-refractivity contribution < 1.29 is 4.79 Å². The van der Waals surface area contributed by atoms with E-state index in [1.165, 1.54) is 11.3 Å². The summed E-state index contributed by atoms with van der Waals surface area (Å²) < 4.78 is 0. The standard InChI is InChI=1S/C16H21N3OS/c1-4-19(16(20)15-14(17)9-10-21-15)11-12-5-7-13(8-6-12)18(2)3/h5-10H,4,11,17H2,1-3H3. The predicted molar refractivity (Wildman–Crippen MR) is 89.9 cm³/mol. The van der Waals surface area contributed by atoms with Crippen LogP contribution in [0.1, 0.15) is 22.2 Å². The van der Waals surface area contributed by atoms with Crippen LogP contribution in [0.3, 0.4) is 0 Å². The molecule has 1 amide bonds. The average molecular weight is 303 g/mol. The highest BCUT2D eigenvalue weighted by molar-refractivity contribution is 7.12. The van der Waals surface area contributed by atoms with Gasteiger partial charge in [-0.25, -0.2) is 0 Å². The molecule has 2 rings (SSSR count). The van der Waals surface area contributed by atoms with Gasteiger partial charge in [0.05, 0.1) is 5.69 Å². The fraction of sp³-hybridized carbons (Fsp3) is 0.312. The van der Waals surface area contributed by atoms with Gasteiger partial charge in [-0.1, -0.05) is 12.1 Å². The zero-order valence-electron chi connectivity index (χ0n) is 12.7. The number of anilines is 2. The Morgan fingerprint density at radius 1 is 1.19 bits per heavy atom. The van der Waals surface area contributed by atoms with Gasteiger partial charge in [-0.2, -0.15) is 0 Å². The van der Waals surface area contributed by atoms with Gasteiger partial charge in [-0.15, -0.1) is 11.3 Å². The molecule has 1 aromatic heterocycles. The van der Waals surface area contributed by atoms with E-state index in [0.29, 0.717) is 23.7 Å². The number of nitrogens with two attached hydrogens (primary N) is 1. The molecule has 2 N–H and O–H groups in total. The quantitative estimate of drug-likeness (QED) is 0.923. The summed E-state index contributed by atoms with van der Waals surface area (Å²) in [6.45, 7) is 3.24. The van der Waals surface area contributed by atoms with Crippen LogP contribution in [0.2, 0.25) is 0 Å². The summed E-state index contributed by atoms with van der Waals surface area (Å²) >= 11 is 1.40. The highest BCUT2D eigenvalue weighted by Crippen LogP contribution is 2.22. The lowest BCUT2D eigenvalue weighted by atomic mass is 10.2. The average Bonchev–Trinajstić information content (AvgIpc) is 2.90. The maximum atomic E-state index is 12.5. The van der Waals surface area contributed by atoms with Crippen molar-refractivity contribution in [1.29, 1.82) is 0 Å². The van der Waals surface area contributed by atoms with Gasteiger partial charge >= 0.3 is 0 Å². The third-order valence-electron chi connectivity index (χ3n) is 3.39. The van der Waals surface area contributed by atoms with Gasteiger partial charge in [0.15, 0.2) is 0 Å². The summed E-state index contributed by atoms with van der Waals surface area (Å²) in [5.41, 5.74) is 8.66.